The number of alkyl halides is 3. The zero-order chi connectivity index (χ0) is 21.8. The number of aromatic nitrogens is 2. The van der Waals surface area contributed by atoms with E-state index in [4.69, 9.17) is 9.90 Å². The summed E-state index contributed by atoms with van der Waals surface area (Å²) in [5, 5.41) is 11.4. The van der Waals surface area contributed by atoms with Crippen LogP contribution in [0.25, 0.3) is 0 Å². The van der Waals surface area contributed by atoms with Crippen molar-refractivity contribution in [2.75, 3.05) is 27.2 Å². The maximum absolute atomic E-state index is 12.2. The zero-order valence-electron chi connectivity index (χ0n) is 17.1. The van der Waals surface area contributed by atoms with Gasteiger partial charge in [-0.25, -0.2) is 4.79 Å². The summed E-state index contributed by atoms with van der Waals surface area (Å²) in [4.78, 5) is 25.4. The molecule has 7 nitrogen and oxygen atoms in total. The monoisotopic (exact) mass is 418 g/mol. The van der Waals surface area contributed by atoms with Gasteiger partial charge >= 0.3 is 12.1 Å². The molecular weight excluding hydrogens is 389 g/mol. The van der Waals surface area contributed by atoms with Crippen LogP contribution in [-0.4, -0.2) is 69.9 Å². The first kappa shape index (κ1) is 23.2. The van der Waals surface area contributed by atoms with Crippen LogP contribution in [0.1, 0.15) is 37.7 Å². The van der Waals surface area contributed by atoms with Crippen molar-refractivity contribution in [2.45, 2.75) is 44.8 Å². The van der Waals surface area contributed by atoms with Crippen LogP contribution in [0.15, 0.2) is 12.4 Å². The highest BCUT2D eigenvalue weighted by molar-refractivity contribution is 5.78. The highest BCUT2D eigenvalue weighted by atomic mass is 19.4. The Bertz CT molecular complexity index is 710. The van der Waals surface area contributed by atoms with Gasteiger partial charge in [0, 0.05) is 45.4 Å². The van der Waals surface area contributed by atoms with Crippen LogP contribution in [0.2, 0.25) is 0 Å². The first-order chi connectivity index (χ1) is 13.4. The molecule has 1 atom stereocenters. The minimum Gasteiger partial charge on any atom is -0.475 e. The summed E-state index contributed by atoms with van der Waals surface area (Å²) in [5.74, 6) is -2.16. The molecule has 0 aromatic carbocycles. The Morgan fingerprint density at radius 2 is 1.86 bits per heavy atom. The molecule has 2 aliphatic rings. The number of carboxylic acid groups (broad SMARTS) is 1. The number of carboxylic acids is 1. The number of hydrogen-bond donors (Lipinski definition) is 1. The van der Waals surface area contributed by atoms with Gasteiger partial charge in [-0.15, -0.1) is 0 Å². The minimum absolute atomic E-state index is 0.264. The number of halogens is 3. The molecule has 1 saturated heterocycles. The van der Waals surface area contributed by atoms with E-state index < -0.39 is 12.1 Å². The quantitative estimate of drug-likeness (QED) is 0.816. The van der Waals surface area contributed by atoms with E-state index in [0.29, 0.717) is 11.3 Å². The molecule has 1 aromatic heterocycles. The molecular formula is C19H29F3N4O3. The fraction of sp³-hybridized carbons (Fsp3) is 0.737. The highest BCUT2D eigenvalue weighted by Gasteiger charge is 2.43. The second-order valence-electron chi connectivity index (χ2n) is 8.27. The highest BCUT2D eigenvalue weighted by Crippen LogP contribution is 2.49. The lowest BCUT2D eigenvalue weighted by molar-refractivity contribution is -0.192. The van der Waals surface area contributed by atoms with Gasteiger partial charge in [0.1, 0.15) is 0 Å². The predicted molar refractivity (Wildman–Crippen MR) is 99.9 cm³/mol. The van der Waals surface area contributed by atoms with Gasteiger partial charge in [0.05, 0.1) is 6.20 Å². The van der Waals surface area contributed by atoms with E-state index in [0.717, 1.165) is 32.5 Å². The summed E-state index contributed by atoms with van der Waals surface area (Å²) in [7, 11) is 5.72. The number of likely N-dealkylation sites (tertiary alicyclic amines) is 1. The fourth-order valence-corrected chi connectivity index (χ4v) is 4.23. The van der Waals surface area contributed by atoms with Crippen molar-refractivity contribution >= 4 is 11.9 Å². The first-order valence-electron chi connectivity index (χ1n) is 9.63. The number of nitrogens with zero attached hydrogens (tertiary/aromatic N) is 4. The van der Waals surface area contributed by atoms with E-state index in [1.807, 2.05) is 32.0 Å². The van der Waals surface area contributed by atoms with Gasteiger partial charge in [0.2, 0.25) is 5.91 Å². The number of carbonyl (C=O) groups is 2. The van der Waals surface area contributed by atoms with Crippen molar-refractivity contribution in [3.05, 3.63) is 18.0 Å². The van der Waals surface area contributed by atoms with Gasteiger partial charge in [-0.3, -0.25) is 14.4 Å². The maximum atomic E-state index is 12.2. The number of carbonyl (C=O) groups excluding carboxylic acids is 1. The molecule has 164 valence electrons. The normalized spacial score (nSPS) is 21.5. The number of aryl methyl sites for hydroxylation is 1. The number of rotatable bonds is 3. The van der Waals surface area contributed by atoms with E-state index in [1.54, 1.807) is 4.90 Å². The third-order valence-corrected chi connectivity index (χ3v) is 5.82. The van der Waals surface area contributed by atoms with E-state index >= 15 is 0 Å². The molecule has 0 bridgehead atoms. The summed E-state index contributed by atoms with van der Waals surface area (Å²) in [6, 6.07) is 0. The van der Waals surface area contributed by atoms with Crippen LogP contribution in [-0.2, 0) is 23.2 Å². The molecule has 1 aliphatic heterocycles. The fourth-order valence-electron chi connectivity index (χ4n) is 4.23. The lowest BCUT2D eigenvalue weighted by Gasteiger charge is -2.39. The molecule has 1 spiro atoms. The minimum atomic E-state index is -5.08. The van der Waals surface area contributed by atoms with Crippen LogP contribution in [0.5, 0.6) is 0 Å². The van der Waals surface area contributed by atoms with Crippen LogP contribution >= 0.6 is 0 Å². The van der Waals surface area contributed by atoms with E-state index in [9.17, 15) is 18.0 Å². The van der Waals surface area contributed by atoms with E-state index in [-0.39, 0.29) is 5.92 Å². The second-order valence-corrected chi connectivity index (χ2v) is 8.27. The third kappa shape index (κ3) is 6.45. The van der Waals surface area contributed by atoms with Gasteiger partial charge in [0.15, 0.2) is 0 Å². The molecule has 1 unspecified atom stereocenters. The van der Waals surface area contributed by atoms with Gasteiger partial charge in [-0.1, -0.05) is 0 Å². The van der Waals surface area contributed by atoms with Crippen molar-refractivity contribution in [3.63, 3.8) is 0 Å². The molecule has 1 N–H and O–H groups in total. The van der Waals surface area contributed by atoms with E-state index in [2.05, 4.69) is 16.2 Å². The van der Waals surface area contributed by atoms with Gasteiger partial charge in [-0.05, 0) is 50.6 Å². The Balaban J connectivity index is 0.000000370. The van der Waals surface area contributed by atoms with Crippen LogP contribution in [0.4, 0.5) is 13.2 Å². The molecule has 1 amide bonds. The third-order valence-electron chi connectivity index (χ3n) is 5.82. The SMILES string of the molecule is CN(C)C(=O)C1CCC2(CCN(Cc3cnn(C)c3)CC2)C1.O=C(O)C(F)(F)F. The summed E-state index contributed by atoms with van der Waals surface area (Å²) in [6.07, 6.45) is 4.88. The van der Waals surface area contributed by atoms with E-state index in [1.165, 1.54) is 24.8 Å². The lowest BCUT2D eigenvalue weighted by Crippen LogP contribution is -2.39. The number of amides is 1. The Morgan fingerprint density at radius 3 is 2.31 bits per heavy atom. The Morgan fingerprint density at radius 1 is 1.28 bits per heavy atom. The van der Waals surface area contributed by atoms with Crippen LogP contribution in [0, 0.1) is 11.3 Å². The number of piperidine rings is 1. The molecule has 1 aromatic rings. The lowest BCUT2D eigenvalue weighted by atomic mass is 9.76. The van der Waals surface area contributed by atoms with Crippen LogP contribution in [0.3, 0.4) is 0 Å². The van der Waals surface area contributed by atoms with Crippen molar-refractivity contribution < 1.29 is 27.9 Å². The summed E-state index contributed by atoms with van der Waals surface area (Å²) >= 11 is 0. The smallest absolute Gasteiger partial charge is 0.475 e. The standard InChI is InChI=1S/C17H28N4O.C2HF3O2/c1-19(2)16(22)15-4-5-17(10-15)6-8-21(9-7-17)13-14-11-18-20(3)12-14;3-2(4,5)1(6)7/h11-12,15H,4-10,13H2,1-3H3;(H,6,7). The topological polar surface area (TPSA) is 78.7 Å². The molecule has 1 saturated carbocycles. The van der Waals surface area contributed by atoms with Gasteiger partial charge in [0.25, 0.3) is 0 Å². The Labute approximate surface area is 168 Å². The number of hydrogen-bond acceptors (Lipinski definition) is 4. The summed E-state index contributed by atoms with van der Waals surface area (Å²) < 4.78 is 33.6. The predicted octanol–water partition coefficient (Wildman–Crippen LogP) is 2.52. The molecule has 2 fully saturated rings. The Hall–Kier alpha value is -2.10. The van der Waals surface area contributed by atoms with Crippen molar-refractivity contribution in [1.82, 2.24) is 19.6 Å². The first-order valence-corrected chi connectivity index (χ1v) is 9.63. The molecule has 3 rings (SSSR count). The molecule has 29 heavy (non-hydrogen) atoms. The van der Waals surface area contributed by atoms with Gasteiger partial charge in [-0.2, -0.15) is 18.3 Å². The van der Waals surface area contributed by atoms with Crippen molar-refractivity contribution in [2.24, 2.45) is 18.4 Å². The molecule has 1 aliphatic carbocycles. The average Bonchev–Trinajstić information content (AvgIpc) is 3.23. The summed E-state index contributed by atoms with van der Waals surface area (Å²) in [6.45, 7) is 3.31. The largest absolute Gasteiger partial charge is 0.490 e. The maximum Gasteiger partial charge on any atom is 0.490 e. The zero-order valence-corrected chi connectivity index (χ0v) is 17.1. The summed E-state index contributed by atoms with van der Waals surface area (Å²) in [5.41, 5.74) is 1.73. The Kier molecular flexibility index (Phi) is 7.31. The average molecular weight is 418 g/mol. The second kappa shape index (κ2) is 9.15. The van der Waals surface area contributed by atoms with Crippen molar-refractivity contribution in [3.8, 4) is 0 Å². The molecule has 10 heteroatoms. The number of aliphatic carboxylic acids is 1. The van der Waals surface area contributed by atoms with Crippen molar-refractivity contribution in [1.29, 1.82) is 0 Å². The molecule has 2 heterocycles. The van der Waals surface area contributed by atoms with Gasteiger partial charge < -0.3 is 10.0 Å². The molecule has 0 radical (unpaired) electrons. The van der Waals surface area contributed by atoms with Crippen LogP contribution < -0.4 is 0 Å².